The monoisotopic (exact) mass is 553 g/mol. The molecule has 8 heteroatoms. The molecule has 40 heavy (non-hydrogen) atoms. The van der Waals surface area contributed by atoms with E-state index in [1.165, 1.54) is 12.8 Å². The summed E-state index contributed by atoms with van der Waals surface area (Å²) in [5.41, 5.74) is 10.2. The molecule has 2 aromatic carbocycles. The molecule has 0 aliphatic rings. The molecular formula is C32H51N5O3+2. The molecular weight excluding hydrogens is 502 g/mol. The minimum absolute atomic E-state index is 0.0707. The van der Waals surface area contributed by atoms with Gasteiger partial charge in [-0.1, -0.05) is 93.3 Å². The highest BCUT2D eigenvalue weighted by Gasteiger charge is 2.19. The van der Waals surface area contributed by atoms with Crippen LogP contribution >= 0.6 is 0 Å². The Balaban J connectivity index is 1.75. The first-order valence-electron chi connectivity index (χ1n) is 15.0. The second-order valence-corrected chi connectivity index (χ2v) is 10.6. The van der Waals surface area contributed by atoms with Gasteiger partial charge < -0.3 is 27.0 Å². The number of quaternary nitrogens is 2. The van der Waals surface area contributed by atoms with Crippen molar-refractivity contribution < 1.29 is 25.9 Å². The number of unbranched alkanes of at least 4 members (excludes halogenated alkanes) is 4. The van der Waals surface area contributed by atoms with E-state index in [2.05, 4.69) is 29.0 Å². The average molecular weight is 554 g/mol. The summed E-state index contributed by atoms with van der Waals surface area (Å²) in [5.74, 6) is 0.00423. The Bertz CT molecular complexity index is 919. The Morgan fingerprint density at radius 1 is 0.675 bits per heavy atom. The molecule has 220 valence electrons. The van der Waals surface area contributed by atoms with Crippen molar-refractivity contribution in [3.05, 3.63) is 71.8 Å². The van der Waals surface area contributed by atoms with Gasteiger partial charge in [-0.2, -0.15) is 0 Å². The standard InChI is InChI=1S/C32H49N5O3/c1-2-3-4-5-12-19-30(38)37(22-13-20-35-31(39)28(33)24-26-15-8-6-9-16-26)23-14-21-36-32(40)29(34)25-27-17-10-7-11-18-27/h6-11,15-18,28-29H,2-5,12-14,19-25,33-34H2,1H3,(H,35,39)(H,36,40)/p+2/t28-,29-/m1/s1. The van der Waals surface area contributed by atoms with Crippen LogP contribution in [0.2, 0.25) is 0 Å². The number of amides is 3. The van der Waals surface area contributed by atoms with Gasteiger partial charge in [-0.3, -0.25) is 14.4 Å². The fraction of sp³-hybridized carbons (Fsp3) is 0.531. The van der Waals surface area contributed by atoms with Crippen LogP contribution in [-0.4, -0.2) is 60.9 Å². The zero-order chi connectivity index (χ0) is 29.0. The fourth-order valence-corrected chi connectivity index (χ4v) is 4.63. The number of rotatable bonds is 20. The van der Waals surface area contributed by atoms with Gasteiger partial charge in [0.05, 0.1) is 0 Å². The molecule has 0 radical (unpaired) electrons. The summed E-state index contributed by atoms with van der Waals surface area (Å²) in [4.78, 5) is 39.9. The first-order chi connectivity index (χ1) is 19.4. The normalized spacial score (nSPS) is 12.4. The predicted octanol–water partition coefficient (Wildman–Crippen LogP) is 1.89. The predicted molar refractivity (Wildman–Crippen MR) is 159 cm³/mol. The summed E-state index contributed by atoms with van der Waals surface area (Å²) in [6.07, 6.45) is 8.59. The second kappa shape index (κ2) is 19.8. The highest BCUT2D eigenvalue weighted by Crippen LogP contribution is 2.08. The number of benzene rings is 2. The molecule has 2 rings (SSSR count). The molecule has 8 N–H and O–H groups in total. The average Bonchev–Trinajstić information content (AvgIpc) is 2.96. The van der Waals surface area contributed by atoms with Gasteiger partial charge >= 0.3 is 0 Å². The van der Waals surface area contributed by atoms with E-state index in [0.29, 0.717) is 58.3 Å². The first-order valence-corrected chi connectivity index (χ1v) is 15.0. The molecule has 0 heterocycles. The number of carbonyl (C=O) groups excluding carboxylic acids is 3. The van der Waals surface area contributed by atoms with Crippen LogP contribution in [0.25, 0.3) is 0 Å². The van der Waals surface area contributed by atoms with Gasteiger partial charge in [-0.15, -0.1) is 0 Å². The van der Waals surface area contributed by atoms with Crippen molar-refractivity contribution in [2.24, 2.45) is 0 Å². The number of nitrogens with zero attached hydrogens (tertiary/aromatic N) is 1. The molecule has 2 atom stereocenters. The van der Waals surface area contributed by atoms with Crippen LogP contribution in [0.3, 0.4) is 0 Å². The Morgan fingerprint density at radius 3 is 1.57 bits per heavy atom. The van der Waals surface area contributed by atoms with Crippen molar-refractivity contribution in [2.45, 2.75) is 83.2 Å². The molecule has 0 bridgehead atoms. The van der Waals surface area contributed by atoms with Crippen LogP contribution < -0.4 is 22.1 Å². The van der Waals surface area contributed by atoms with E-state index in [1.807, 2.05) is 65.6 Å². The van der Waals surface area contributed by atoms with Gasteiger partial charge in [0.2, 0.25) is 5.91 Å². The lowest BCUT2D eigenvalue weighted by Gasteiger charge is -2.23. The minimum Gasteiger partial charge on any atom is -0.351 e. The molecule has 0 aliphatic heterocycles. The summed E-state index contributed by atoms with van der Waals surface area (Å²) in [7, 11) is 0. The van der Waals surface area contributed by atoms with Gasteiger partial charge in [-0.25, -0.2) is 0 Å². The Hall–Kier alpha value is -3.23. The Kier molecular flexibility index (Phi) is 16.3. The van der Waals surface area contributed by atoms with Crippen LogP contribution in [0.4, 0.5) is 0 Å². The van der Waals surface area contributed by atoms with Gasteiger partial charge in [0.15, 0.2) is 12.1 Å². The second-order valence-electron chi connectivity index (χ2n) is 10.6. The lowest BCUT2D eigenvalue weighted by Crippen LogP contribution is -2.68. The van der Waals surface area contributed by atoms with Crippen molar-refractivity contribution in [1.29, 1.82) is 0 Å². The third kappa shape index (κ3) is 13.7. The van der Waals surface area contributed by atoms with Gasteiger partial charge in [0, 0.05) is 45.4 Å². The number of nitrogens with one attached hydrogen (secondary N) is 2. The SMILES string of the molecule is CCCCCCCC(=O)N(CCCNC(=O)[C@H]([NH3+])Cc1ccccc1)CCCNC(=O)[C@H]([NH3+])Cc1ccccc1. The highest BCUT2D eigenvalue weighted by atomic mass is 16.2. The highest BCUT2D eigenvalue weighted by molar-refractivity contribution is 5.81. The lowest BCUT2D eigenvalue weighted by atomic mass is 10.1. The van der Waals surface area contributed by atoms with Crippen LogP contribution in [0.15, 0.2) is 60.7 Å². The molecule has 0 saturated heterocycles. The van der Waals surface area contributed by atoms with Gasteiger partial charge in [0.25, 0.3) is 11.8 Å². The molecule has 0 spiro atoms. The number of hydrogen-bond acceptors (Lipinski definition) is 3. The summed E-state index contributed by atoms with van der Waals surface area (Å²) in [6, 6.07) is 19.0. The van der Waals surface area contributed by atoms with E-state index in [1.54, 1.807) is 0 Å². The van der Waals surface area contributed by atoms with Crippen LogP contribution in [0, 0.1) is 0 Å². The molecule has 0 aromatic heterocycles. The molecule has 0 unspecified atom stereocenters. The van der Waals surface area contributed by atoms with Gasteiger partial charge in [0.1, 0.15) is 0 Å². The summed E-state index contributed by atoms with van der Waals surface area (Å²) < 4.78 is 0. The third-order valence-corrected chi connectivity index (χ3v) is 7.05. The topological polar surface area (TPSA) is 134 Å². The summed E-state index contributed by atoms with van der Waals surface area (Å²) in [5, 5.41) is 5.95. The van der Waals surface area contributed by atoms with Crippen molar-refractivity contribution in [2.75, 3.05) is 26.2 Å². The Morgan fingerprint density at radius 2 is 1.12 bits per heavy atom. The van der Waals surface area contributed by atoms with Crippen molar-refractivity contribution in [1.82, 2.24) is 15.5 Å². The molecule has 0 fully saturated rings. The zero-order valence-electron chi connectivity index (χ0n) is 24.4. The van der Waals surface area contributed by atoms with Crippen LogP contribution in [0.5, 0.6) is 0 Å². The summed E-state index contributed by atoms with van der Waals surface area (Å²) >= 11 is 0. The quantitative estimate of drug-likeness (QED) is 0.187. The number of hydrogen-bond donors (Lipinski definition) is 4. The lowest BCUT2D eigenvalue weighted by molar-refractivity contribution is -0.403. The van der Waals surface area contributed by atoms with E-state index < -0.39 is 0 Å². The molecule has 0 aliphatic carbocycles. The van der Waals surface area contributed by atoms with Crippen LogP contribution in [-0.2, 0) is 27.2 Å². The maximum Gasteiger partial charge on any atom is 0.278 e. The fourth-order valence-electron chi connectivity index (χ4n) is 4.63. The van der Waals surface area contributed by atoms with E-state index in [-0.39, 0.29) is 29.8 Å². The maximum atomic E-state index is 13.0. The van der Waals surface area contributed by atoms with E-state index in [0.717, 1.165) is 30.4 Å². The van der Waals surface area contributed by atoms with Gasteiger partial charge in [-0.05, 0) is 30.4 Å². The van der Waals surface area contributed by atoms with E-state index in [9.17, 15) is 14.4 Å². The summed E-state index contributed by atoms with van der Waals surface area (Å²) in [6.45, 7) is 4.34. The maximum absolute atomic E-state index is 13.0. The molecule has 0 saturated carbocycles. The third-order valence-electron chi connectivity index (χ3n) is 7.05. The molecule has 8 nitrogen and oxygen atoms in total. The number of carbonyl (C=O) groups is 3. The van der Waals surface area contributed by atoms with Crippen molar-refractivity contribution in [3.8, 4) is 0 Å². The molecule has 2 aromatic rings. The Labute approximate surface area is 240 Å². The smallest absolute Gasteiger partial charge is 0.278 e. The van der Waals surface area contributed by atoms with E-state index in [4.69, 9.17) is 0 Å². The van der Waals surface area contributed by atoms with Crippen LogP contribution in [0.1, 0.15) is 69.4 Å². The largest absolute Gasteiger partial charge is 0.351 e. The molecule has 3 amide bonds. The van der Waals surface area contributed by atoms with E-state index >= 15 is 0 Å². The first kappa shape index (κ1) is 33.0. The van der Waals surface area contributed by atoms with Crippen molar-refractivity contribution in [3.63, 3.8) is 0 Å². The van der Waals surface area contributed by atoms with Crippen molar-refractivity contribution >= 4 is 17.7 Å². The zero-order valence-corrected chi connectivity index (χ0v) is 24.4. The minimum atomic E-state index is -0.356.